The summed E-state index contributed by atoms with van der Waals surface area (Å²) >= 11 is 5.99. The molecule has 1 aliphatic heterocycles. The van der Waals surface area contributed by atoms with Gasteiger partial charge in [-0.2, -0.15) is 4.31 Å². The second-order valence-electron chi connectivity index (χ2n) is 4.43. The number of piperazine rings is 1. The lowest BCUT2D eigenvalue weighted by Crippen LogP contribution is -2.50. The second kappa shape index (κ2) is 5.48. The van der Waals surface area contributed by atoms with Crippen molar-refractivity contribution in [2.24, 2.45) is 0 Å². The maximum absolute atomic E-state index is 12.3. The fourth-order valence-corrected chi connectivity index (χ4v) is 3.07. The Hall–Kier alpha value is -1.11. The average Bonchev–Trinajstić information content (AvgIpc) is 2.38. The van der Waals surface area contributed by atoms with Gasteiger partial charge in [-0.25, -0.2) is 8.42 Å². The molecule has 1 amide bonds. The van der Waals surface area contributed by atoms with Gasteiger partial charge in [0.25, 0.3) is 5.91 Å². The van der Waals surface area contributed by atoms with E-state index in [-0.39, 0.29) is 5.91 Å². The quantitative estimate of drug-likeness (QED) is 0.821. The molecule has 1 aromatic rings. The van der Waals surface area contributed by atoms with Crippen LogP contribution in [0, 0.1) is 0 Å². The fraction of sp³-hybridized carbons (Fsp3) is 0.417. The lowest BCUT2D eigenvalue weighted by atomic mass is 10.2. The molecule has 19 heavy (non-hydrogen) atoms. The number of benzene rings is 1. The predicted octanol–water partition coefficient (Wildman–Crippen LogP) is 1.06. The monoisotopic (exact) mass is 302 g/mol. The summed E-state index contributed by atoms with van der Waals surface area (Å²) < 4.78 is 24.2. The van der Waals surface area contributed by atoms with Gasteiger partial charge in [0.2, 0.25) is 10.0 Å². The third-order valence-electron chi connectivity index (χ3n) is 3.10. The Morgan fingerprint density at radius 1 is 1.16 bits per heavy atom. The molecule has 0 radical (unpaired) electrons. The molecule has 1 aromatic carbocycles. The summed E-state index contributed by atoms with van der Waals surface area (Å²) in [6.07, 6.45) is 1.18. The number of carbonyl (C=O) groups is 1. The summed E-state index contributed by atoms with van der Waals surface area (Å²) in [5, 5.41) is 0.415. The first-order valence-corrected chi connectivity index (χ1v) is 8.11. The molecule has 7 heteroatoms. The minimum atomic E-state index is -3.18. The van der Waals surface area contributed by atoms with Crippen molar-refractivity contribution in [3.8, 4) is 0 Å². The lowest BCUT2D eigenvalue weighted by molar-refractivity contribution is 0.0698. The molecule has 0 N–H and O–H groups in total. The molecule has 1 saturated heterocycles. The molecule has 2 rings (SSSR count). The van der Waals surface area contributed by atoms with Crippen LogP contribution in [0.5, 0.6) is 0 Å². The van der Waals surface area contributed by atoms with E-state index in [2.05, 4.69) is 0 Å². The zero-order valence-electron chi connectivity index (χ0n) is 10.5. The van der Waals surface area contributed by atoms with Crippen molar-refractivity contribution in [2.45, 2.75) is 0 Å². The van der Waals surface area contributed by atoms with Crippen LogP contribution >= 0.6 is 11.6 Å². The molecule has 0 aromatic heterocycles. The van der Waals surface area contributed by atoms with Gasteiger partial charge in [-0.15, -0.1) is 0 Å². The summed E-state index contributed by atoms with van der Waals surface area (Å²) in [5.74, 6) is -0.154. The zero-order valence-corrected chi connectivity index (χ0v) is 12.1. The molecule has 0 unspecified atom stereocenters. The first-order chi connectivity index (χ1) is 8.89. The van der Waals surface area contributed by atoms with Crippen LogP contribution in [0.15, 0.2) is 24.3 Å². The van der Waals surface area contributed by atoms with Crippen molar-refractivity contribution in [2.75, 3.05) is 32.4 Å². The highest BCUT2D eigenvalue weighted by Crippen LogP contribution is 2.18. The van der Waals surface area contributed by atoms with Gasteiger partial charge in [0.15, 0.2) is 0 Å². The number of hydrogen-bond acceptors (Lipinski definition) is 3. The van der Waals surface area contributed by atoms with Gasteiger partial charge in [0, 0.05) is 26.2 Å². The van der Waals surface area contributed by atoms with Crippen LogP contribution in [0.1, 0.15) is 10.4 Å². The fourth-order valence-electron chi connectivity index (χ4n) is 2.03. The largest absolute Gasteiger partial charge is 0.336 e. The van der Waals surface area contributed by atoms with E-state index < -0.39 is 10.0 Å². The Bertz CT molecular complexity index is 580. The van der Waals surface area contributed by atoms with E-state index in [1.165, 1.54) is 10.6 Å². The highest BCUT2D eigenvalue weighted by Gasteiger charge is 2.27. The molecule has 0 aliphatic carbocycles. The highest BCUT2D eigenvalue weighted by molar-refractivity contribution is 7.88. The van der Waals surface area contributed by atoms with E-state index in [0.717, 1.165) is 0 Å². The minimum Gasteiger partial charge on any atom is -0.336 e. The summed E-state index contributed by atoms with van der Waals surface area (Å²) in [6, 6.07) is 6.86. The van der Waals surface area contributed by atoms with Gasteiger partial charge in [0.05, 0.1) is 16.8 Å². The number of nitrogens with zero attached hydrogens (tertiary/aromatic N) is 2. The van der Waals surface area contributed by atoms with Gasteiger partial charge in [-0.05, 0) is 12.1 Å². The third-order valence-corrected chi connectivity index (χ3v) is 4.73. The molecule has 0 atom stereocenters. The highest BCUT2D eigenvalue weighted by atomic mass is 35.5. The van der Waals surface area contributed by atoms with E-state index >= 15 is 0 Å². The van der Waals surface area contributed by atoms with Gasteiger partial charge in [0.1, 0.15) is 0 Å². The van der Waals surface area contributed by atoms with Crippen LogP contribution in [0.2, 0.25) is 5.02 Å². The molecule has 0 saturated carbocycles. The van der Waals surface area contributed by atoms with Gasteiger partial charge in [-0.1, -0.05) is 23.7 Å². The van der Waals surface area contributed by atoms with Gasteiger partial charge < -0.3 is 4.90 Å². The Labute approximate surface area is 117 Å². The van der Waals surface area contributed by atoms with Gasteiger partial charge in [-0.3, -0.25) is 4.79 Å². The normalized spacial score (nSPS) is 17.5. The predicted molar refractivity (Wildman–Crippen MR) is 73.8 cm³/mol. The molecule has 1 heterocycles. The van der Waals surface area contributed by atoms with Gasteiger partial charge >= 0.3 is 0 Å². The summed E-state index contributed by atoms with van der Waals surface area (Å²) in [6.45, 7) is 1.43. The van der Waals surface area contributed by atoms with E-state index in [0.29, 0.717) is 36.8 Å². The van der Waals surface area contributed by atoms with Crippen molar-refractivity contribution in [1.82, 2.24) is 9.21 Å². The molecule has 104 valence electrons. The van der Waals surface area contributed by atoms with Crippen molar-refractivity contribution >= 4 is 27.5 Å². The molecule has 1 fully saturated rings. The SMILES string of the molecule is CS(=O)(=O)N1CCN(C(=O)c2ccccc2Cl)CC1. The number of sulfonamides is 1. The topological polar surface area (TPSA) is 57.7 Å². The average molecular weight is 303 g/mol. The first kappa shape index (κ1) is 14.3. The number of hydrogen-bond donors (Lipinski definition) is 0. The van der Waals surface area contributed by atoms with E-state index in [1.54, 1.807) is 29.2 Å². The van der Waals surface area contributed by atoms with Crippen LogP contribution in [0.3, 0.4) is 0 Å². The number of carbonyl (C=O) groups excluding carboxylic acids is 1. The van der Waals surface area contributed by atoms with E-state index in [4.69, 9.17) is 11.6 Å². The summed E-state index contributed by atoms with van der Waals surface area (Å²) in [4.78, 5) is 13.9. The van der Waals surface area contributed by atoms with Crippen molar-refractivity contribution < 1.29 is 13.2 Å². The van der Waals surface area contributed by atoms with Crippen LogP contribution in [-0.4, -0.2) is 56.0 Å². The number of amides is 1. The van der Waals surface area contributed by atoms with Crippen molar-refractivity contribution in [3.05, 3.63) is 34.9 Å². The molecule has 1 aliphatic rings. The number of rotatable bonds is 2. The van der Waals surface area contributed by atoms with E-state index in [9.17, 15) is 13.2 Å². The number of halogens is 1. The van der Waals surface area contributed by atoms with Crippen LogP contribution in [0.4, 0.5) is 0 Å². The van der Waals surface area contributed by atoms with Crippen molar-refractivity contribution in [1.29, 1.82) is 0 Å². The van der Waals surface area contributed by atoms with Crippen molar-refractivity contribution in [3.63, 3.8) is 0 Å². The first-order valence-electron chi connectivity index (χ1n) is 5.88. The zero-order chi connectivity index (χ0) is 14.0. The molecule has 5 nitrogen and oxygen atoms in total. The summed E-state index contributed by atoms with van der Waals surface area (Å²) in [7, 11) is -3.18. The molecule has 0 bridgehead atoms. The van der Waals surface area contributed by atoms with E-state index in [1.807, 2.05) is 0 Å². The Kier molecular flexibility index (Phi) is 4.13. The lowest BCUT2D eigenvalue weighted by Gasteiger charge is -2.33. The smallest absolute Gasteiger partial charge is 0.255 e. The van der Waals surface area contributed by atoms with Crippen LogP contribution < -0.4 is 0 Å². The standard InChI is InChI=1S/C12H15ClN2O3S/c1-19(17,18)15-8-6-14(7-9-15)12(16)10-4-2-3-5-11(10)13/h2-5H,6-9H2,1H3. The maximum Gasteiger partial charge on any atom is 0.255 e. The maximum atomic E-state index is 12.3. The summed E-state index contributed by atoms with van der Waals surface area (Å²) in [5.41, 5.74) is 0.456. The molecular formula is C12H15ClN2O3S. The third kappa shape index (κ3) is 3.26. The Morgan fingerprint density at radius 3 is 2.26 bits per heavy atom. The van der Waals surface area contributed by atoms with Crippen LogP contribution in [-0.2, 0) is 10.0 Å². The Morgan fingerprint density at radius 2 is 1.74 bits per heavy atom. The molecular weight excluding hydrogens is 288 g/mol. The minimum absolute atomic E-state index is 0.154. The van der Waals surface area contributed by atoms with Crippen LogP contribution in [0.25, 0.3) is 0 Å². The molecule has 0 spiro atoms. The second-order valence-corrected chi connectivity index (χ2v) is 6.82. The Balaban J connectivity index is 2.07.